The predicted octanol–water partition coefficient (Wildman–Crippen LogP) is 1.43. The molecule has 1 aromatic carbocycles. The van der Waals surface area contributed by atoms with Crippen LogP contribution in [0.25, 0.3) is 0 Å². The number of phenols is 2. The molecular formula is C9H11NO2S. The highest BCUT2D eigenvalue weighted by atomic mass is 32.2. The first-order valence-corrected chi connectivity index (χ1v) is 5.19. The molecule has 1 atom stereocenters. The molecule has 0 radical (unpaired) electrons. The van der Waals surface area contributed by atoms with E-state index in [1.54, 1.807) is 17.8 Å². The molecule has 0 aliphatic carbocycles. The van der Waals surface area contributed by atoms with Gasteiger partial charge in [-0.3, -0.25) is 0 Å². The van der Waals surface area contributed by atoms with Crippen molar-refractivity contribution >= 4 is 11.8 Å². The van der Waals surface area contributed by atoms with Crippen LogP contribution in [0.15, 0.2) is 18.2 Å². The molecule has 0 spiro atoms. The molecule has 1 aliphatic heterocycles. The lowest BCUT2D eigenvalue weighted by Crippen LogP contribution is -2.11. The van der Waals surface area contributed by atoms with Crippen molar-refractivity contribution in [1.82, 2.24) is 5.32 Å². The Balaban J connectivity index is 2.25. The summed E-state index contributed by atoms with van der Waals surface area (Å²) < 4.78 is 0. The number of benzene rings is 1. The summed E-state index contributed by atoms with van der Waals surface area (Å²) in [7, 11) is 0. The van der Waals surface area contributed by atoms with Gasteiger partial charge in [-0.15, -0.1) is 11.8 Å². The van der Waals surface area contributed by atoms with Crippen LogP contribution in [0.4, 0.5) is 0 Å². The van der Waals surface area contributed by atoms with Crippen LogP contribution in [0.2, 0.25) is 0 Å². The third-order valence-electron chi connectivity index (χ3n) is 2.02. The van der Waals surface area contributed by atoms with Crippen molar-refractivity contribution in [2.45, 2.75) is 5.37 Å². The zero-order valence-electron chi connectivity index (χ0n) is 7.03. The lowest BCUT2D eigenvalue weighted by Gasteiger charge is -2.10. The van der Waals surface area contributed by atoms with Crippen molar-refractivity contribution in [3.05, 3.63) is 23.8 Å². The number of thioether (sulfide) groups is 1. The van der Waals surface area contributed by atoms with Gasteiger partial charge in [0.2, 0.25) is 0 Å². The first-order valence-electron chi connectivity index (χ1n) is 4.14. The minimum atomic E-state index is -0.0632. The van der Waals surface area contributed by atoms with Crippen LogP contribution in [-0.2, 0) is 0 Å². The molecule has 0 aromatic heterocycles. The van der Waals surface area contributed by atoms with E-state index in [9.17, 15) is 5.11 Å². The number of hydrogen-bond donors (Lipinski definition) is 3. The first-order chi connectivity index (χ1) is 6.27. The summed E-state index contributed by atoms with van der Waals surface area (Å²) in [6.07, 6.45) is 0. The van der Waals surface area contributed by atoms with E-state index in [2.05, 4.69) is 5.32 Å². The summed E-state index contributed by atoms with van der Waals surface area (Å²) in [6, 6.07) is 4.95. The van der Waals surface area contributed by atoms with Gasteiger partial charge in [0.05, 0.1) is 5.37 Å². The Morgan fingerprint density at radius 2 is 2.15 bits per heavy atom. The summed E-state index contributed by atoms with van der Waals surface area (Å²) in [4.78, 5) is 0. The van der Waals surface area contributed by atoms with E-state index < -0.39 is 0 Å². The van der Waals surface area contributed by atoms with Crippen LogP contribution in [0.5, 0.6) is 11.5 Å². The molecular weight excluding hydrogens is 186 g/mol. The fourth-order valence-corrected chi connectivity index (χ4v) is 2.39. The van der Waals surface area contributed by atoms with Crippen molar-refractivity contribution in [3.8, 4) is 11.5 Å². The molecule has 1 saturated heterocycles. The Labute approximate surface area is 80.8 Å². The molecule has 1 aliphatic rings. The summed E-state index contributed by atoms with van der Waals surface area (Å²) >= 11 is 1.81. The maximum atomic E-state index is 9.27. The van der Waals surface area contributed by atoms with Crippen molar-refractivity contribution in [2.75, 3.05) is 12.3 Å². The number of nitrogens with one attached hydrogen (secondary N) is 1. The molecule has 1 heterocycles. The third-order valence-corrected chi connectivity index (χ3v) is 3.23. The lowest BCUT2D eigenvalue weighted by molar-refractivity contribution is 0.403. The summed E-state index contributed by atoms with van der Waals surface area (Å²) in [5.41, 5.74) is 1.01. The molecule has 0 amide bonds. The second-order valence-electron chi connectivity index (χ2n) is 2.95. The van der Waals surface area contributed by atoms with E-state index >= 15 is 0 Å². The molecule has 2 rings (SSSR count). The van der Waals surface area contributed by atoms with Crippen LogP contribution in [0.1, 0.15) is 10.9 Å². The van der Waals surface area contributed by atoms with E-state index in [1.165, 1.54) is 6.07 Å². The summed E-state index contributed by atoms with van der Waals surface area (Å²) in [6.45, 7) is 0.997. The SMILES string of the molecule is Oc1ccc(C2NCCS2)cc1O. The van der Waals surface area contributed by atoms with E-state index in [-0.39, 0.29) is 16.9 Å². The highest BCUT2D eigenvalue weighted by Gasteiger charge is 2.17. The predicted molar refractivity (Wildman–Crippen MR) is 53.0 cm³/mol. The molecule has 4 heteroatoms. The number of aromatic hydroxyl groups is 2. The highest BCUT2D eigenvalue weighted by molar-refractivity contribution is 7.99. The smallest absolute Gasteiger partial charge is 0.157 e. The Bertz CT molecular complexity index is 310. The highest BCUT2D eigenvalue weighted by Crippen LogP contribution is 2.34. The van der Waals surface area contributed by atoms with Gasteiger partial charge in [0.25, 0.3) is 0 Å². The van der Waals surface area contributed by atoms with Crippen LogP contribution in [0.3, 0.4) is 0 Å². The average Bonchev–Trinajstić information content (AvgIpc) is 2.62. The van der Waals surface area contributed by atoms with Crippen LogP contribution < -0.4 is 5.32 Å². The maximum absolute atomic E-state index is 9.27. The number of hydrogen-bond acceptors (Lipinski definition) is 4. The quantitative estimate of drug-likeness (QED) is 0.596. The molecule has 13 heavy (non-hydrogen) atoms. The Morgan fingerprint density at radius 3 is 2.77 bits per heavy atom. The molecule has 1 fully saturated rings. The minimum Gasteiger partial charge on any atom is -0.504 e. The fourth-order valence-electron chi connectivity index (χ4n) is 1.34. The standard InChI is InChI=1S/C9H11NO2S/c11-7-2-1-6(5-8(7)12)9-10-3-4-13-9/h1-2,5,9-12H,3-4H2. The van der Waals surface area contributed by atoms with Gasteiger partial charge in [-0.2, -0.15) is 0 Å². The van der Waals surface area contributed by atoms with Crippen molar-refractivity contribution in [2.24, 2.45) is 0 Å². The second kappa shape index (κ2) is 3.47. The van der Waals surface area contributed by atoms with Gasteiger partial charge in [0, 0.05) is 12.3 Å². The normalized spacial score (nSPS) is 22.0. The van der Waals surface area contributed by atoms with Crippen molar-refractivity contribution in [1.29, 1.82) is 0 Å². The van der Waals surface area contributed by atoms with Gasteiger partial charge < -0.3 is 15.5 Å². The molecule has 3 N–H and O–H groups in total. The molecule has 3 nitrogen and oxygen atoms in total. The monoisotopic (exact) mass is 197 g/mol. The zero-order chi connectivity index (χ0) is 9.26. The van der Waals surface area contributed by atoms with Crippen LogP contribution in [0, 0.1) is 0 Å². The van der Waals surface area contributed by atoms with Gasteiger partial charge in [-0.1, -0.05) is 6.07 Å². The van der Waals surface area contributed by atoms with Crippen molar-refractivity contribution < 1.29 is 10.2 Å². The second-order valence-corrected chi connectivity index (χ2v) is 4.17. The first kappa shape index (κ1) is 8.72. The zero-order valence-corrected chi connectivity index (χ0v) is 7.84. The van der Waals surface area contributed by atoms with Gasteiger partial charge >= 0.3 is 0 Å². The molecule has 70 valence electrons. The van der Waals surface area contributed by atoms with E-state index in [0.717, 1.165) is 17.9 Å². The van der Waals surface area contributed by atoms with E-state index in [0.29, 0.717) is 0 Å². The van der Waals surface area contributed by atoms with Gasteiger partial charge in [-0.05, 0) is 17.7 Å². The van der Waals surface area contributed by atoms with E-state index in [4.69, 9.17) is 5.11 Å². The van der Waals surface area contributed by atoms with Crippen molar-refractivity contribution in [3.63, 3.8) is 0 Å². The summed E-state index contributed by atoms with van der Waals surface area (Å²) in [5.74, 6) is 0.977. The number of rotatable bonds is 1. The Kier molecular flexibility index (Phi) is 2.33. The maximum Gasteiger partial charge on any atom is 0.157 e. The van der Waals surface area contributed by atoms with Crippen LogP contribution >= 0.6 is 11.8 Å². The summed E-state index contributed by atoms with van der Waals surface area (Å²) in [5, 5.41) is 21.9. The molecule has 1 unspecified atom stereocenters. The Hall–Kier alpha value is -0.870. The Morgan fingerprint density at radius 1 is 1.31 bits per heavy atom. The largest absolute Gasteiger partial charge is 0.504 e. The number of phenolic OH excluding ortho intramolecular Hbond substituents is 2. The van der Waals surface area contributed by atoms with Crippen LogP contribution in [-0.4, -0.2) is 22.5 Å². The lowest BCUT2D eigenvalue weighted by atomic mass is 10.2. The molecule has 0 saturated carbocycles. The third kappa shape index (κ3) is 1.73. The van der Waals surface area contributed by atoms with E-state index in [1.807, 2.05) is 6.07 Å². The van der Waals surface area contributed by atoms with Gasteiger partial charge in [-0.25, -0.2) is 0 Å². The fraction of sp³-hybridized carbons (Fsp3) is 0.333. The molecule has 0 bridgehead atoms. The average molecular weight is 197 g/mol. The van der Waals surface area contributed by atoms with Gasteiger partial charge in [0.15, 0.2) is 11.5 Å². The topological polar surface area (TPSA) is 52.5 Å². The minimum absolute atomic E-state index is 0.0493. The molecule has 1 aromatic rings. The van der Waals surface area contributed by atoms with Gasteiger partial charge in [0.1, 0.15) is 0 Å².